The van der Waals surface area contributed by atoms with E-state index in [2.05, 4.69) is 4.90 Å². The molecule has 0 aromatic heterocycles. The van der Waals surface area contributed by atoms with Crippen LogP contribution in [0.15, 0.2) is 0 Å². The molecule has 0 bridgehead atoms. The number of hydrogen-bond donors (Lipinski definition) is 1. The fraction of sp³-hybridized carbons (Fsp3) is 0.929. The molecule has 0 aromatic carbocycles. The van der Waals surface area contributed by atoms with Crippen molar-refractivity contribution in [2.24, 2.45) is 0 Å². The van der Waals surface area contributed by atoms with Gasteiger partial charge in [0.25, 0.3) is 0 Å². The van der Waals surface area contributed by atoms with Crippen LogP contribution in [0.3, 0.4) is 0 Å². The molecule has 1 atom stereocenters. The van der Waals surface area contributed by atoms with E-state index >= 15 is 0 Å². The first-order valence-electron chi connectivity index (χ1n) is 7.18. The Bertz CT molecular complexity index is 287. The number of likely N-dealkylation sites (N-methyl/N-ethyl adjacent to an activating group) is 1. The zero-order valence-electron chi connectivity index (χ0n) is 11.4. The first-order chi connectivity index (χ1) is 8.60. The highest BCUT2D eigenvalue weighted by Crippen LogP contribution is 2.41. The number of carboxylic acids is 1. The summed E-state index contributed by atoms with van der Waals surface area (Å²) in [4.78, 5) is 12.6. The van der Waals surface area contributed by atoms with Crippen LogP contribution in [0.1, 0.15) is 51.4 Å². The standard InChI is InChI=1S/C14H25NO3/c1-15(10-6-13(16)17)11-12-5-9-14(18-12)7-3-2-4-8-14/h12H,2-11H2,1H3,(H,16,17). The van der Waals surface area contributed by atoms with Gasteiger partial charge in [-0.05, 0) is 32.7 Å². The van der Waals surface area contributed by atoms with Crippen LogP contribution in [0.2, 0.25) is 0 Å². The van der Waals surface area contributed by atoms with Crippen molar-refractivity contribution < 1.29 is 14.6 Å². The van der Waals surface area contributed by atoms with Crippen LogP contribution < -0.4 is 0 Å². The monoisotopic (exact) mass is 255 g/mol. The number of carboxylic acid groups (broad SMARTS) is 1. The third-order valence-electron chi connectivity index (χ3n) is 4.33. The summed E-state index contributed by atoms with van der Waals surface area (Å²) in [5, 5.41) is 8.66. The van der Waals surface area contributed by atoms with E-state index in [4.69, 9.17) is 9.84 Å². The summed E-state index contributed by atoms with van der Waals surface area (Å²) in [6.45, 7) is 1.48. The summed E-state index contributed by atoms with van der Waals surface area (Å²) in [7, 11) is 1.98. The molecule has 0 aromatic rings. The minimum Gasteiger partial charge on any atom is -0.481 e. The molecule has 2 fully saturated rings. The molecular weight excluding hydrogens is 230 g/mol. The predicted octanol–water partition coefficient (Wildman–Crippen LogP) is 2.27. The van der Waals surface area contributed by atoms with E-state index in [1.165, 1.54) is 38.5 Å². The molecule has 2 aliphatic rings. The first kappa shape index (κ1) is 13.8. The number of hydrogen-bond acceptors (Lipinski definition) is 3. The van der Waals surface area contributed by atoms with Gasteiger partial charge in [-0.2, -0.15) is 0 Å². The maximum atomic E-state index is 10.5. The van der Waals surface area contributed by atoms with Gasteiger partial charge in [0, 0.05) is 13.1 Å². The van der Waals surface area contributed by atoms with E-state index in [9.17, 15) is 4.79 Å². The Hall–Kier alpha value is -0.610. The second kappa shape index (κ2) is 6.02. The number of ether oxygens (including phenoxy) is 1. The van der Waals surface area contributed by atoms with Crippen molar-refractivity contribution in [3.63, 3.8) is 0 Å². The van der Waals surface area contributed by atoms with Crippen molar-refractivity contribution in [1.29, 1.82) is 0 Å². The molecule has 2 rings (SSSR count). The molecule has 1 saturated heterocycles. The summed E-state index contributed by atoms with van der Waals surface area (Å²) in [6, 6.07) is 0. The Labute approximate surface area is 109 Å². The van der Waals surface area contributed by atoms with E-state index in [0.29, 0.717) is 12.6 Å². The van der Waals surface area contributed by atoms with Gasteiger partial charge in [-0.1, -0.05) is 19.3 Å². The van der Waals surface area contributed by atoms with Gasteiger partial charge in [-0.3, -0.25) is 4.79 Å². The van der Waals surface area contributed by atoms with Crippen LogP contribution in [-0.4, -0.2) is 47.8 Å². The Balaban J connectivity index is 1.73. The van der Waals surface area contributed by atoms with Crippen LogP contribution in [0, 0.1) is 0 Å². The lowest BCUT2D eigenvalue weighted by molar-refractivity contribution is -0.137. The molecule has 1 spiro atoms. The van der Waals surface area contributed by atoms with Gasteiger partial charge < -0.3 is 14.7 Å². The maximum Gasteiger partial charge on any atom is 0.304 e. The minimum absolute atomic E-state index is 0.177. The average Bonchev–Trinajstić information content (AvgIpc) is 2.70. The van der Waals surface area contributed by atoms with Crippen molar-refractivity contribution in [2.75, 3.05) is 20.1 Å². The number of rotatable bonds is 5. The average molecular weight is 255 g/mol. The van der Waals surface area contributed by atoms with Gasteiger partial charge in [-0.15, -0.1) is 0 Å². The quantitative estimate of drug-likeness (QED) is 0.818. The van der Waals surface area contributed by atoms with Gasteiger partial charge in [0.15, 0.2) is 0 Å². The summed E-state index contributed by atoms with van der Waals surface area (Å²) < 4.78 is 6.28. The lowest BCUT2D eigenvalue weighted by atomic mass is 9.83. The molecule has 1 heterocycles. The van der Waals surface area contributed by atoms with Crippen LogP contribution in [0.5, 0.6) is 0 Å². The molecular formula is C14H25NO3. The highest BCUT2D eigenvalue weighted by molar-refractivity contribution is 5.66. The van der Waals surface area contributed by atoms with E-state index in [0.717, 1.165) is 13.0 Å². The smallest absolute Gasteiger partial charge is 0.304 e. The molecule has 4 heteroatoms. The zero-order chi connectivity index (χ0) is 13.0. The Morgan fingerprint density at radius 1 is 1.33 bits per heavy atom. The van der Waals surface area contributed by atoms with Gasteiger partial charge in [0.2, 0.25) is 0 Å². The van der Waals surface area contributed by atoms with Gasteiger partial charge in [0.05, 0.1) is 18.1 Å². The molecule has 1 N–H and O–H groups in total. The van der Waals surface area contributed by atoms with Crippen molar-refractivity contribution in [3.8, 4) is 0 Å². The van der Waals surface area contributed by atoms with Gasteiger partial charge >= 0.3 is 5.97 Å². The molecule has 1 saturated carbocycles. The van der Waals surface area contributed by atoms with Crippen LogP contribution >= 0.6 is 0 Å². The molecule has 0 radical (unpaired) electrons. The third kappa shape index (κ3) is 3.69. The molecule has 0 amide bonds. The number of nitrogens with zero attached hydrogens (tertiary/aromatic N) is 1. The Kier molecular flexibility index (Phi) is 4.62. The van der Waals surface area contributed by atoms with E-state index in [1.807, 2.05) is 7.05 Å². The largest absolute Gasteiger partial charge is 0.481 e. The fourth-order valence-electron chi connectivity index (χ4n) is 3.31. The molecule has 18 heavy (non-hydrogen) atoms. The van der Waals surface area contributed by atoms with Crippen LogP contribution in [0.4, 0.5) is 0 Å². The molecule has 1 unspecified atom stereocenters. The van der Waals surface area contributed by atoms with E-state index in [1.54, 1.807) is 0 Å². The second-order valence-corrected chi connectivity index (χ2v) is 5.93. The normalized spacial score (nSPS) is 26.9. The zero-order valence-corrected chi connectivity index (χ0v) is 11.4. The van der Waals surface area contributed by atoms with Crippen molar-refractivity contribution in [2.45, 2.75) is 63.1 Å². The molecule has 104 valence electrons. The fourth-order valence-corrected chi connectivity index (χ4v) is 3.31. The van der Waals surface area contributed by atoms with Crippen molar-refractivity contribution >= 4 is 5.97 Å². The maximum absolute atomic E-state index is 10.5. The lowest BCUT2D eigenvalue weighted by Crippen LogP contribution is -2.35. The van der Waals surface area contributed by atoms with Crippen molar-refractivity contribution in [1.82, 2.24) is 4.90 Å². The Morgan fingerprint density at radius 2 is 2.06 bits per heavy atom. The summed E-state index contributed by atoms with van der Waals surface area (Å²) in [6.07, 6.45) is 9.28. The van der Waals surface area contributed by atoms with Crippen LogP contribution in [-0.2, 0) is 9.53 Å². The number of aliphatic carboxylic acids is 1. The summed E-state index contributed by atoms with van der Waals surface area (Å²) in [5.41, 5.74) is 0.177. The predicted molar refractivity (Wildman–Crippen MR) is 69.7 cm³/mol. The molecule has 1 aliphatic carbocycles. The highest BCUT2D eigenvalue weighted by Gasteiger charge is 2.40. The molecule has 4 nitrogen and oxygen atoms in total. The van der Waals surface area contributed by atoms with Gasteiger partial charge in [-0.25, -0.2) is 0 Å². The lowest BCUT2D eigenvalue weighted by Gasteiger charge is -2.34. The number of carbonyl (C=O) groups is 1. The minimum atomic E-state index is -0.724. The van der Waals surface area contributed by atoms with E-state index in [-0.39, 0.29) is 12.0 Å². The van der Waals surface area contributed by atoms with Crippen LogP contribution in [0.25, 0.3) is 0 Å². The van der Waals surface area contributed by atoms with Crippen molar-refractivity contribution in [3.05, 3.63) is 0 Å². The SMILES string of the molecule is CN(CCC(=O)O)CC1CCC2(CCCCC2)O1. The molecule has 1 aliphatic heterocycles. The second-order valence-electron chi connectivity index (χ2n) is 5.93. The summed E-state index contributed by atoms with van der Waals surface area (Å²) in [5.74, 6) is -0.724. The first-order valence-corrected chi connectivity index (χ1v) is 7.18. The summed E-state index contributed by atoms with van der Waals surface area (Å²) >= 11 is 0. The topological polar surface area (TPSA) is 49.8 Å². The van der Waals surface area contributed by atoms with Gasteiger partial charge in [0.1, 0.15) is 0 Å². The highest BCUT2D eigenvalue weighted by atomic mass is 16.5. The third-order valence-corrected chi connectivity index (χ3v) is 4.33. The Morgan fingerprint density at radius 3 is 2.72 bits per heavy atom. The van der Waals surface area contributed by atoms with E-state index < -0.39 is 5.97 Å².